The number of nitrogens with zero attached hydrogens (tertiary/aromatic N) is 2. The molecule has 0 aliphatic heterocycles. The summed E-state index contributed by atoms with van der Waals surface area (Å²) in [7, 11) is 0. The van der Waals surface area contributed by atoms with Crippen molar-refractivity contribution >= 4 is 0 Å². The van der Waals surface area contributed by atoms with Gasteiger partial charge in [0.15, 0.2) is 0 Å². The van der Waals surface area contributed by atoms with Crippen LogP contribution in [0.2, 0.25) is 0 Å². The van der Waals surface area contributed by atoms with E-state index < -0.39 is 0 Å². The van der Waals surface area contributed by atoms with Gasteiger partial charge in [0.1, 0.15) is 0 Å². The van der Waals surface area contributed by atoms with Crippen LogP contribution in [-0.2, 0) is 0 Å². The van der Waals surface area contributed by atoms with E-state index in [1.54, 1.807) is 5.56 Å². The van der Waals surface area contributed by atoms with Gasteiger partial charge in [-0.25, -0.2) is 4.98 Å². The fraction of sp³-hybridized carbons (Fsp3) is 0.757. The Bertz CT molecular complexity index is 780. The minimum Gasteiger partial charge on any atom is -0.330 e. The Kier molecular flexibility index (Phi) is 20.0. The molecule has 0 bridgehead atoms. The molecule has 0 saturated carbocycles. The van der Waals surface area contributed by atoms with Gasteiger partial charge >= 0.3 is 0 Å². The van der Waals surface area contributed by atoms with Crippen LogP contribution in [0.25, 0.3) is 0 Å². The number of hydrogen-bond acceptors (Lipinski definition) is 1. The van der Waals surface area contributed by atoms with Crippen molar-refractivity contribution in [2.45, 2.75) is 180 Å². The highest BCUT2D eigenvalue weighted by atomic mass is 15.0. The van der Waals surface area contributed by atoms with E-state index in [-0.39, 0.29) is 0 Å². The van der Waals surface area contributed by atoms with Crippen molar-refractivity contribution in [3.05, 3.63) is 54.1 Å². The number of imidazole rings is 1. The monoisotopic (exact) mass is 537 g/mol. The topological polar surface area (TPSA) is 17.8 Å². The van der Waals surface area contributed by atoms with Crippen LogP contribution < -0.4 is 0 Å². The average molecular weight is 537 g/mol. The van der Waals surface area contributed by atoms with Gasteiger partial charge in [-0.15, -0.1) is 0 Å². The van der Waals surface area contributed by atoms with Crippen molar-refractivity contribution < 1.29 is 0 Å². The van der Waals surface area contributed by atoms with Gasteiger partial charge in [-0.1, -0.05) is 173 Å². The molecule has 0 aliphatic carbocycles. The predicted molar refractivity (Wildman–Crippen MR) is 173 cm³/mol. The van der Waals surface area contributed by atoms with Crippen molar-refractivity contribution in [3.8, 4) is 0 Å². The number of hydrogen-bond donors (Lipinski definition) is 0. The standard InChI is InChI=1S/C37H64N2/c1-4-7-9-11-13-15-16-17-18-20-22-24-28-34(27-23-21-19-14-12-10-8-5-2)35-29-25-26-30-36(35)37(6-3)39-32-31-38-33-39/h25-26,29-34,37H,4-24,27-28H2,1-3H3. The highest BCUT2D eigenvalue weighted by Gasteiger charge is 2.20. The van der Waals surface area contributed by atoms with E-state index >= 15 is 0 Å². The molecule has 39 heavy (non-hydrogen) atoms. The molecule has 0 radical (unpaired) electrons. The summed E-state index contributed by atoms with van der Waals surface area (Å²) in [5.74, 6) is 0.696. The molecule has 1 aromatic heterocycles. The molecule has 0 fully saturated rings. The van der Waals surface area contributed by atoms with Crippen molar-refractivity contribution in [3.63, 3.8) is 0 Å². The molecular formula is C37H64N2. The maximum Gasteiger partial charge on any atom is 0.0951 e. The summed E-state index contributed by atoms with van der Waals surface area (Å²) in [4.78, 5) is 4.36. The number of unbranched alkanes of at least 4 members (excludes halogenated alkanes) is 18. The van der Waals surface area contributed by atoms with Crippen LogP contribution in [0.1, 0.15) is 192 Å². The second-order valence-electron chi connectivity index (χ2n) is 12.2. The lowest BCUT2D eigenvalue weighted by atomic mass is 9.83. The van der Waals surface area contributed by atoms with Gasteiger partial charge < -0.3 is 4.57 Å². The minimum absolute atomic E-state index is 0.395. The van der Waals surface area contributed by atoms with Crippen LogP contribution in [0, 0.1) is 0 Å². The van der Waals surface area contributed by atoms with Crippen molar-refractivity contribution in [1.29, 1.82) is 0 Å². The van der Waals surface area contributed by atoms with Gasteiger partial charge in [0, 0.05) is 12.4 Å². The molecule has 0 N–H and O–H groups in total. The molecule has 2 unspecified atom stereocenters. The van der Waals surface area contributed by atoms with Gasteiger partial charge in [-0.3, -0.25) is 0 Å². The van der Waals surface area contributed by atoms with Crippen molar-refractivity contribution in [2.75, 3.05) is 0 Å². The van der Waals surface area contributed by atoms with Crippen LogP contribution >= 0.6 is 0 Å². The molecule has 2 atom stereocenters. The molecule has 0 saturated heterocycles. The van der Waals surface area contributed by atoms with Crippen LogP contribution in [0.4, 0.5) is 0 Å². The number of benzene rings is 1. The van der Waals surface area contributed by atoms with Crippen LogP contribution in [0.3, 0.4) is 0 Å². The first kappa shape index (κ1) is 33.6. The third-order valence-corrected chi connectivity index (χ3v) is 8.88. The molecule has 0 amide bonds. The largest absolute Gasteiger partial charge is 0.330 e. The van der Waals surface area contributed by atoms with Gasteiger partial charge in [0.25, 0.3) is 0 Å². The summed E-state index contributed by atoms with van der Waals surface area (Å²) >= 11 is 0. The SMILES string of the molecule is CCCCCCCCCCCCCCC(CCCCCCCCCC)c1ccccc1C(CC)n1ccnc1. The molecule has 2 rings (SSSR count). The maximum absolute atomic E-state index is 4.36. The molecular weight excluding hydrogens is 472 g/mol. The summed E-state index contributed by atoms with van der Waals surface area (Å²) in [5, 5.41) is 0. The Balaban J connectivity index is 1.84. The zero-order chi connectivity index (χ0) is 27.8. The quantitative estimate of drug-likeness (QED) is 0.109. The van der Waals surface area contributed by atoms with E-state index in [9.17, 15) is 0 Å². The highest BCUT2D eigenvalue weighted by Crippen LogP contribution is 2.35. The van der Waals surface area contributed by atoms with Crippen molar-refractivity contribution in [2.24, 2.45) is 0 Å². The van der Waals surface area contributed by atoms with Crippen LogP contribution in [0.5, 0.6) is 0 Å². The van der Waals surface area contributed by atoms with Crippen molar-refractivity contribution in [1.82, 2.24) is 9.55 Å². The van der Waals surface area contributed by atoms with Gasteiger partial charge in [0.05, 0.1) is 12.4 Å². The Morgan fingerprint density at radius 3 is 1.41 bits per heavy atom. The summed E-state index contributed by atoms with van der Waals surface area (Å²) in [6, 6.07) is 9.77. The summed E-state index contributed by atoms with van der Waals surface area (Å²) in [6.07, 6.45) is 38.3. The zero-order valence-electron chi connectivity index (χ0n) is 26.4. The van der Waals surface area contributed by atoms with Crippen LogP contribution in [0.15, 0.2) is 43.0 Å². The van der Waals surface area contributed by atoms with E-state index in [2.05, 4.69) is 60.8 Å². The molecule has 2 nitrogen and oxygen atoms in total. The van der Waals surface area contributed by atoms with E-state index in [1.807, 2.05) is 12.5 Å². The third-order valence-electron chi connectivity index (χ3n) is 8.88. The zero-order valence-corrected chi connectivity index (χ0v) is 26.4. The van der Waals surface area contributed by atoms with Gasteiger partial charge in [-0.05, 0) is 36.3 Å². The number of aromatic nitrogens is 2. The Morgan fingerprint density at radius 1 is 0.564 bits per heavy atom. The first-order chi connectivity index (χ1) is 19.3. The minimum atomic E-state index is 0.395. The molecule has 2 aromatic rings. The lowest BCUT2D eigenvalue weighted by molar-refractivity contribution is 0.472. The van der Waals surface area contributed by atoms with Gasteiger partial charge in [0.2, 0.25) is 0 Å². The van der Waals surface area contributed by atoms with Crippen LogP contribution in [-0.4, -0.2) is 9.55 Å². The Morgan fingerprint density at radius 2 is 1.00 bits per heavy atom. The molecule has 222 valence electrons. The Labute approximate surface area is 243 Å². The first-order valence-electron chi connectivity index (χ1n) is 17.4. The molecule has 1 heterocycles. The number of rotatable bonds is 26. The normalized spacial score (nSPS) is 13.1. The average Bonchev–Trinajstić information content (AvgIpc) is 3.49. The Hall–Kier alpha value is -1.57. The second kappa shape index (κ2) is 23.2. The summed E-state index contributed by atoms with van der Waals surface area (Å²) in [5.41, 5.74) is 3.14. The molecule has 1 aromatic carbocycles. The third kappa shape index (κ3) is 14.6. The predicted octanol–water partition coefficient (Wildman–Crippen LogP) is 12.6. The maximum atomic E-state index is 4.36. The summed E-state index contributed by atoms with van der Waals surface area (Å²) < 4.78 is 2.32. The molecule has 0 aliphatic rings. The first-order valence-corrected chi connectivity index (χ1v) is 17.4. The lowest BCUT2D eigenvalue weighted by Crippen LogP contribution is -2.13. The highest BCUT2D eigenvalue weighted by molar-refractivity contribution is 5.33. The summed E-state index contributed by atoms with van der Waals surface area (Å²) in [6.45, 7) is 6.94. The fourth-order valence-electron chi connectivity index (χ4n) is 6.44. The second-order valence-corrected chi connectivity index (χ2v) is 12.2. The van der Waals surface area contributed by atoms with E-state index in [0.717, 1.165) is 6.42 Å². The van der Waals surface area contributed by atoms with E-state index in [1.165, 1.54) is 147 Å². The smallest absolute Gasteiger partial charge is 0.0951 e. The van der Waals surface area contributed by atoms with Gasteiger partial charge in [-0.2, -0.15) is 0 Å². The lowest BCUT2D eigenvalue weighted by Gasteiger charge is -2.26. The van der Waals surface area contributed by atoms with E-state index in [0.29, 0.717) is 12.0 Å². The molecule has 0 spiro atoms. The fourth-order valence-corrected chi connectivity index (χ4v) is 6.44. The molecule has 2 heteroatoms. The van der Waals surface area contributed by atoms with E-state index in [4.69, 9.17) is 0 Å².